The molecule has 2 fully saturated rings. The van der Waals surface area contributed by atoms with E-state index >= 15 is 0 Å². The molecule has 0 unspecified atom stereocenters. The van der Waals surface area contributed by atoms with Crippen LogP contribution >= 0.6 is 24.0 Å². The van der Waals surface area contributed by atoms with Crippen LogP contribution in [-0.2, 0) is 4.74 Å². The normalized spacial score (nSPS) is 23.0. The second-order valence-electron chi connectivity index (χ2n) is 6.53. The van der Waals surface area contributed by atoms with Gasteiger partial charge in [0.05, 0.1) is 19.8 Å². The highest BCUT2D eigenvalue weighted by molar-refractivity contribution is 14.0. The van der Waals surface area contributed by atoms with Gasteiger partial charge in [-0.1, -0.05) is 13.8 Å². The smallest absolute Gasteiger partial charge is 0.193 e. The van der Waals surface area contributed by atoms with Crippen LogP contribution in [0, 0.1) is 5.41 Å². The first-order valence-electron chi connectivity index (χ1n) is 7.94. The first-order valence-corrected chi connectivity index (χ1v) is 7.94. The molecule has 21 heavy (non-hydrogen) atoms. The van der Waals surface area contributed by atoms with Crippen molar-refractivity contribution in [2.45, 2.75) is 27.2 Å². The maximum Gasteiger partial charge on any atom is 0.193 e. The summed E-state index contributed by atoms with van der Waals surface area (Å²) >= 11 is 0. The molecular formula is C15H31IN4O. The molecule has 0 aliphatic carbocycles. The van der Waals surface area contributed by atoms with Crippen molar-refractivity contribution in [2.24, 2.45) is 10.4 Å². The van der Waals surface area contributed by atoms with E-state index < -0.39 is 0 Å². The van der Waals surface area contributed by atoms with Crippen molar-refractivity contribution in [3.63, 3.8) is 0 Å². The summed E-state index contributed by atoms with van der Waals surface area (Å²) in [5.74, 6) is 1.09. The summed E-state index contributed by atoms with van der Waals surface area (Å²) in [5.41, 5.74) is 0.417. The number of hydrogen-bond acceptors (Lipinski definition) is 3. The molecular weight excluding hydrogens is 379 g/mol. The van der Waals surface area contributed by atoms with Crippen molar-refractivity contribution in [1.29, 1.82) is 0 Å². The van der Waals surface area contributed by atoms with E-state index in [9.17, 15) is 0 Å². The van der Waals surface area contributed by atoms with E-state index in [0.717, 1.165) is 65.0 Å². The van der Waals surface area contributed by atoms with Crippen LogP contribution in [0.5, 0.6) is 0 Å². The number of likely N-dealkylation sites (tertiary alicyclic amines) is 1. The van der Waals surface area contributed by atoms with Gasteiger partial charge in [-0.05, 0) is 18.8 Å². The summed E-state index contributed by atoms with van der Waals surface area (Å²) in [6, 6.07) is 0. The highest BCUT2D eigenvalue weighted by Crippen LogP contribution is 2.28. The third-order valence-corrected chi connectivity index (χ3v) is 4.09. The van der Waals surface area contributed by atoms with Crippen molar-refractivity contribution in [3.8, 4) is 0 Å². The van der Waals surface area contributed by atoms with E-state index in [-0.39, 0.29) is 24.0 Å². The zero-order chi connectivity index (χ0) is 14.4. The van der Waals surface area contributed by atoms with Crippen LogP contribution in [0.15, 0.2) is 4.99 Å². The Labute approximate surface area is 146 Å². The number of ether oxygens (including phenoxy) is 1. The Morgan fingerprint density at radius 2 is 1.95 bits per heavy atom. The maximum absolute atomic E-state index is 5.37. The Bertz CT molecular complexity index is 330. The Morgan fingerprint density at radius 1 is 1.24 bits per heavy atom. The van der Waals surface area contributed by atoms with Gasteiger partial charge in [-0.15, -0.1) is 24.0 Å². The lowest BCUT2D eigenvalue weighted by Crippen LogP contribution is -2.42. The molecule has 124 valence electrons. The molecule has 1 N–H and O–H groups in total. The molecule has 0 atom stereocenters. The summed E-state index contributed by atoms with van der Waals surface area (Å²) in [7, 11) is 0. The highest BCUT2D eigenvalue weighted by Gasteiger charge is 2.30. The number of halogens is 1. The second-order valence-corrected chi connectivity index (χ2v) is 6.53. The van der Waals surface area contributed by atoms with Crippen LogP contribution in [-0.4, -0.2) is 74.8 Å². The number of nitrogens with zero attached hydrogens (tertiary/aromatic N) is 3. The van der Waals surface area contributed by atoms with Gasteiger partial charge in [0.25, 0.3) is 0 Å². The van der Waals surface area contributed by atoms with E-state index in [2.05, 4.69) is 35.9 Å². The van der Waals surface area contributed by atoms with Gasteiger partial charge in [-0.3, -0.25) is 9.89 Å². The van der Waals surface area contributed by atoms with Gasteiger partial charge in [-0.25, -0.2) is 0 Å². The molecule has 5 nitrogen and oxygen atoms in total. The first-order chi connectivity index (χ1) is 9.61. The van der Waals surface area contributed by atoms with Gasteiger partial charge in [0, 0.05) is 39.3 Å². The molecule has 0 spiro atoms. The monoisotopic (exact) mass is 410 g/mol. The fraction of sp³-hybridized carbons (Fsp3) is 0.933. The van der Waals surface area contributed by atoms with Crippen LogP contribution in [0.3, 0.4) is 0 Å². The minimum Gasteiger partial charge on any atom is -0.379 e. The predicted molar refractivity (Wildman–Crippen MR) is 98.6 cm³/mol. The zero-order valence-electron chi connectivity index (χ0n) is 13.7. The lowest BCUT2D eigenvalue weighted by atomic mass is 9.93. The van der Waals surface area contributed by atoms with Crippen LogP contribution in [0.2, 0.25) is 0 Å². The quantitative estimate of drug-likeness (QED) is 0.435. The number of guanidine groups is 1. The van der Waals surface area contributed by atoms with Crippen molar-refractivity contribution >= 4 is 29.9 Å². The Morgan fingerprint density at radius 3 is 2.52 bits per heavy atom. The zero-order valence-corrected chi connectivity index (χ0v) is 16.1. The summed E-state index contributed by atoms with van der Waals surface area (Å²) in [6.07, 6.45) is 1.25. The Hall–Kier alpha value is -0.0800. The van der Waals surface area contributed by atoms with E-state index in [1.54, 1.807) is 0 Å². The summed E-state index contributed by atoms with van der Waals surface area (Å²) < 4.78 is 5.37. The number of rotatable bonds is 4. The topological polar surface area (TPSA) is 40.1 Å². The van der Waals surface area contributed by atoms with Crippen LogP contribution in [0.25, 0.3) is 0 Å². The standard InChI is InChI=1S/C15H30N4O.HI/c1-4-16-14(19-7-5-15(2,3)13-19)17-6-8-18-9-11-20-12-10-18;/h4-13H2,1-3H3,(H,16,17);1H. The third-order valence-electron chi connectivity index (χ3n) is 4.09. The Kier molecular flexibility index (Phi) is 8.26. The lowest BCUT2D eigenvalue weighted by molar-refractivity contribution is 0.0394. The Balaban J connectivity index is 0.00000220. The largest absolute Gasteiger partial charge is 0.379 e. The average Bonchev–Trinajstić information content (AvgIpc) is 2.79. The molecule has 0 radical (unpaired) electrons. The van der Waals surface area contributed by atoms with E-state index in [1.807, 2.05) is 0 Å². The summed E-state index contributed by atoms with van der Waals surface area (Å²) in [6.45, 7) is 15.7. The lowest BCUT2D eigenvalue weighted by Gasteiger charge is -2.27. The molecule has 0 aromatic rings. The minimum absolute atomic E-state index is 0. The average molecular weight is 410 g/mol. The molecule has 2 aliphatic heterocycles. The van der Waals surface area contributed by atoms with Gasteiger partial charge in [0.2, 0.25) is 0 Å². The van der Waals surface area contributed by atoms with Crippen molar-refractivity contribution in [1.82, 2.24) is 15.1 Å². The molecule has 2 rings (SSSR count). The molecule has 2 aliphatic rings. The highest BCUT2D eigenvalue weighted by atomic mass is 127. The van der Waals surface area contributed by atoms with Crippen molar-refractivity contribution in [3.05, 3.63) is 0 Å². The van der Waals surface area contributed by atoms with Gasteiger partial charge in [0.15, 0.2) is 5.96 Å². The van der Waals surface area contributed by atoms with Gasteiger partial charge in [0.1, 0.15) is 0 Å². The van der Waals surface area contributed by atoms with Gasteiger partial charge < -0.3 is 15.0 Å². The number of aliphatic imine (C=N–C) groups is 1. The van der Waals surface area contributed by atoms with E-state index in [1.165, 1.54) is 6.42 Å². The van der Waals surface area contributed by atoms with Crippen LogP contribution < -0.4 is 5.32 Å². The maximum atomic E-state index is 5.37. The first kappa shape index (κ1) is 19.0. The minimum atomic E-state index is 0. The molecule has 0 amide bonds. The van der Waals surface area contributed by atoms with Crippen LogP contribution in [0.4, 0.5) is 0 Å². The fourth-order valence-corrected chi connectivity index (χ4v) is 2.84. The molecule has 0 saturated carbocycles. The number of morpholine rings is 1. The number of nitrogens with one attached hydrogen (secondary N) is 1. The van der Waals surface area contributed by atoms with Crippen LogP contribution in [0.1, 0.15) is 27.2 Å². The summed E-state index contributed by atoms with van der Waals surface area (Å²) in [4.78, 5) is 9.64. The molecule has 0 aromatic heterocycles. The summed E-state index contributed by atoms with van der Waals surface area (Å²) in [5, 5.41) is 3.43. The van der Waals surface area contributed by atoms with E-state index in [0.29, 0.717) is 5.41 Å². The predicted octanol–water partition coefficient (Wildman–Crippen LogP) is 1.63. The van der Waals surface area contributed by atoms with Gasteiger partial charge in [-0.2, -0.15) is 0 Å². The van der Waals surface area contributed by atoms with Crippen molar-refractivity contribution in [2.75, 3.05) is 59.0 Å². The molecule has 6 heteroatoms. The molecule has 0 bridgehead atoms. The SMILES string of the molecule is CCNC(=NCCN1CCOCC1)N1CCC(C)(C)C1.I. The molecule has 2 saturated heterocycles. The fourth-order valence-electron chi connectivity index (χ4n) is 2.84. The number of hydrogen-bond donors (Lipinski definition) is 1. The molecule has 2 heterocycles. The molecule has 0 aromatic carbocycles. The third kappa shape index (κ3) is 6.28. The van der Waals surface area contributed by atoms with Crippen molar-refractivity contribution < 1.29 is 4.74 Å². The second kappa shape index (κ2) is 9.15. The van der Waals surface area contributed by atoms with Gasteiger partial charge >= 0.3 is 0 Å². The van der Waals surface area contributed by atoms with E-state index in [4.69, 9.17) is 9.73 Å².